The molecule has 0 spiro atoms. The van der Waals surface area contributed by atoms with Crippen LogP contribution in [0.1, 0.15) is 44.9 Å². The van der Waals surface area contributed by atoms with Gasteiger partial charge in [0, 0.05) is 5.92 Å². The Hall–Kier alpha value is -0.400. The molecule has 0 radical (unpaired) electrons. The van der Waals surface area contributed by atoms with E-state index in [0.717, 1.165) is 31.6 Å². The monoisotopic (exact) mass is 228 g/mol. The van der Waals surface area contributed by atoms with Crippen molar-refractivity contribution in [2.24, 2.45) is 17.8 Å². The SMILES string of the molecule is FC1CCCC2CC12.FCC1C=CCCC1. The summed E-state index contributed by atoms with van der Waals surface area (Å²) in [5.41, 5.74) is 0. The zero-order valence-corrected chi connectivity index (χ0v) is 9.88. The van der Waals surface area contributed by atoms with Gasteiger partial charge in [0.25, 0.3) is 0 Å². The summed E-state index contributed by atoms with van der Waals surface area (Å²) in [6.07, 6.45) is 11.5. The lowest BCUT2D eigenvalue weighted by Gasteiger charge is -2.11. The molecule has 0 bridgehead atoms. The Morgan fingerprint density at radius 2 is 2.00 bits per heavy atom. The summed E-state index contributed by atoms with van der Waals surface area (Å²) in [4.78, 5) is 0. The molecule has 2 saturated carbocycles. The van der Waals surface area contributed by atoms with Crippen molar-refractivity contribution in [2.75, 3.05) is 6.67 Å². The van der Waals surface area contributed by atoms with Gasteiger partial charge < -0.3 is 0 Å². The zero-order valence-electron chi connectivity index (χ0n) is 9.88. The quantitative estimate of drug-likeness (QED) is 0.581. The van der Waals surface area contributed by atoms with Gasteiger partial charge in [-0.1, -0.05) is 18.6 Å². The van der Waals surface area contributed by atoms with Crippen LogP contribution < -0.4 is 0 Å². The molecule has 0 heterocycles. The first-order chi connectivity index (χ1) is 7.81. The normalized spacial score (nSPS) is 40.6. The second-order valence-electron chi connectivity index (χ2n) is 5.38. The second kappa shape index (κ2) is 5.79. The molecule has 0 N–H and O–H groups in total. The Kier molecular flexibility index (Phi) is 4.37. The van der Waals surface area contributed by atoms with Gasteiger partial charge >= 0.3 is 0 Å². The molecule has 2 heteroatoms. The van der Waals surface area contributed by atoms with Crippen LogP contribution in [0.5, 0.6) is 0 Å². The fourth-order valence-electron chi connectivity index (χ4n) is 2.85. The summed E-state index contributed by atoms with van der Waals surface area (Å²) in [5, 5.41) is 0. The van der Waals surface area contributed by atoms with E-state index >= 15 is 0 Å². The van der Waals surface area contributed by atoms with Crippen molar-refractivity contribution in [3.05, 3.63) is 12.2 Å². The van der Waals surface area contributed by atoms with Gasteiger partial charge in [0.05, 0.1) is 6.67 Å². The maximum absolute atomic E-state index is 12.6. The van der Waals surface area contributed by atoms with Crippen LogP contribution in [0.15, 0.2) is 12.2 Å². The number of allylic oxidation sites excluding steroid dienone is 2. The van der Waals surface area contributed by atoms with Crippen molar-refractivity contribution in [1.82, 2.24) is 0 Å². The highest BCUT2D eigenvalue weighted by Crippen LogP contribution is 2.50. The third kappa shape index (κ3) is 3.29. The number of hydrogen-bond donors (Lipinski definition) is 0. The summed E-state index contributed by atoms with van der Waals surface area (Å²) in [6.45, 7) is -0.170. The Morgan fingerprint density at radius 1 is 1.12 bits per heavy atom. The lowest BCUT2D eigenvalue weighted by atomic mass is 9.97. The van der Waals surface area contributed by atoms with E-state index in [9.17, 15) is 8.78 Å². The van der Waals surface area contributed by atoms with Crippen molar-refractivity contribution >= 4 is 0 Å². The fourth-order valence-corrected chi connectivity index (χ4v) is 2.85. The van der Waals surface area contributed by atoms with E-state index in [4.69, 9.17) is 0 Å². The van der Waals surface area contributed by atoms with Gasteiger partial charge in [-0.3, -0.25) is 4.39 Å². The maximum Gasteiger partial charge on any atom is 0.103 e. The molecule has 0 amide bonds. The zero-order chi connectivity index (χ0) is 11.4. The highest BCUT2D eigenvalue weighted by Gasteiger charge is 2.45. The average Bonchev–Trinajstić information content (AvgIpc) is 3.12. The first kappa shape index (κ1) is 12.1. The van der Waals surface area contributed by atoms with Crippen LogP contribution in [0.2, 0.25) is 0 Å². The molecule has 0 aromatic carbocycles. The van der Waals surface area contributed by atoms with Gasteiger partial charge in [0.1, 0.15) is 6.17 Å². The molecule has 3 aliphatic carbocycles. The third-order valence-corrected chi connectivity index (χ3v) is 4.05. The number of fused-ring (bicyclic) bond motifs is 1. The minimum atomic E-state index is -0.422. The van der Waals surface area contributed by atoms with Gasteiger partial charge in [0.2, 0.25) is 0 Å². The Bertz CT molecular complexity index is 237. The molecule has 16 heavy (non-hydrogen) atoms. The summed E-state index contributed by atoms with van der Waals surface area (Å²) in [5.74, 6) is 1.55. The fraction of sp³-hybridized carbons (Fsp3) is 0.857. The van der Waals surface area contributed by atoms with Crippen LogP contribution in [0.3, 0.4) is 0 Å². The van der Waals surface area contributed by atoms with Crippen molar-refractivity contribution in [3.8, 4) is 0 Å². The lowest BCUT2D eigenvalue weighted by Crippen LogP contribution is -2.09. The number of hydrogen-bond acceptors (Lipinski definition) is 0. The topological polar surface area (TPSA) is 0 Å². The lowest BCUT2D eigenvalue weighted by molar-refractivity contribution is 0.233. The van der Waals surface area contributed by atoms with Crippen molar-refractivity contribution in [3.63, 3.8) is 0 Å². The summed E-state index contributed by atoms with van der Waals surface area (Å²) >= 11 is 0. The maximum atomic E-state index is 12.6. The molecule has 0 saturated heterocycles. The van der Waals surface area contributed by atoms with Gasteiger partial charge in [-0.25, -0.2) is 4.39 Å². The molecule has 3 rings (SSSR count). The number of rotatable bonds is 1. The smallest absolute Gasteiger partial charge is 0.103 e. The van der Waals surface area contributed by atoms with Gasteiger partial charge in [-0.05, 0) is 50.4 Å². The van der Waals surface area contributed by atoms with E-state index in [1.165, 1.54) is 19.3 Å². The molecule has 0 aromatic rings. The van der Waals surface area contributed by atoms with E-state index in [0.29, 0.717) is 5.92 Å². The molecular weight excluding hydrogens is 206 g/mol. The van der Waals surface area contributed by atoms with Crippen LogP contribution in [0.25, 0.3) is 0 Å². The molecule has 92 valence electrons. The predicted octanol–water partition coefficient (Wildman–Crippen LogP) is 4.46. The highest BCUT2D eigenvalue weighted by atomic mass is 19.1. The van der Waals surface area contributed by atoms with Gasteiger partial charge in [-0.2, -0.15) is 0 Å². The van der Waals surface area contributed by atoms with Crippen molar-refractivity contribution in [2.45, 2.75) is 51.1 Å². The average molecular weight is 228 g/mol. The summed E-state index contributed by atoms with van der Waals surface area (Å²) in [7, 11) is 0. The molecule has 4 atom stereocenters. The Labute approximate surface area is 97.1 Å². The van der Waals surface area contributed by atoms with Crippen LogP contribution in [-0.4, -0.2) is 12.8 Å². The minimum Gasteiger partial charge on any atom is -0.250 e. The molecule has 2 fully saturated rings. The van der Waals surface area contributed by atoms with Gasteiger partial charge in [0.15, 0.2) is 0 Å². The second-order valence-corrected chi connectivity index (χ2v) is 5.38. The predicted molar refractivity (Wildman–Crippen MR) is 62.8 cm³/mol. The minimum absolute atomic E-state index is 0.170. The van der Waals surface area contributed by atoms with Crippen molar-refractivity contribution in [1.29, 1.82) is 0 Å². The molecule has 4 unspecified atom stereocenters. The van der Waals surface area contributed by atoms with E-state index in [2.05, 4.69) is 6.08 Å². The first-order valence-electron chi connectivity index (χ1n) is 6.68. The van der Waals surface area contributed by atoms with Gasteiger partial charge in [-0.15, -0.1) is 0 Å². The number of alkyl halides is 2. The van der Waals surface area contributed by atoms with Crippen LogP contribution in [0, 0.1) is 17.8 Å². The molecule has 3 aliphatic rings. The molecular formula is C14H22F2. The van der Waals surface area contributed by atoms with Crippen molar-refractivity contribution < 1.29 is 8.78 Å². The molecule has 0 aliphatic heterocycles. The van der Waals surface area contributed by atoms with Crippen LogP contribution >= 0.6 is 0 Å². The third-order valence-electron chi connectivity index (χ3n) is 4.05. The molecule has 0 nitrogen and oxygen atoms in total. The van der Waals surface area contributed by atoms with E-state index in [1.54, 1.807) is 0 Å². The van der Waals surface area contributed by atoms with E-state index in [1.807, 2.05) is 6.08 Å². The summed E-state index contributed by atoms with van der Waals surface area (Å²) in [6, 6.07) is 0. The van der Waals surface area contributed by atoms with E-state index in [-0.39, 0.29) is 12.6 Å². The Balaban J connectivity index is 0.000000120. The largest absolute Gasteiger partial charge is 0.250 e. The standard InChI is InChI=1S/2C7H11F/c8-7-3-1-2-5-4-6(5)7;8-6-7-4-2-1-3-5-7/h5-7H,1-4H2;2,4,7H,1,3,5-6H2. The summed E-state index contributed by atoms with van der Waals surface area (Å²) < 4.78 is 24.4. The van der Waals surface area contributed by atoms with E-state index < -0.39 is 6.17 Å². The van der Waals surface area contributed by atoms with Crippen LogP contribution in [0.4, 0.5) is 8.78 Å². The molecule has 0 aromatic heterocycles. The Morgan fingerprint density at radius 3 is 2.50 bits per heavy atom. The van der Waals surface area contributed by atoms with Crippen LogP contribution in [-0.2, 0) is 0 Å². The first-order valence-corrected chi connectivity index (χ1v) is 6.68. The number of halogens is 2. The highest BCUT2D eigenvalue weighted by molar-refractivity contribution is 4.94.